The van der Waals surface area contributed by atoms with Gasteiger partial charge in [-0.3, -0.25) is 4.79 Å². The van der Waals surface area contributed by atoms with E-state index in [4.69, 9.17) is 0 Å². The minimum absolute atomic E-state index is 0.0324. The fourth-order valence-corrected chi connectivity index (χ4v) is 1.40. The smallest absolute Gasteiger partial charge is 0.251 e. The molecule has 1 aromatic rings. The van der Waals surface area contributed by atoms with Gasteiger partial charge >= 0.3 is 0 Å². The van der Waals surface area contributed by atoms with Crippen molar-refractivity contribution in [3.05, 3.63) is 35.4 Å². The molecule has 1 amide bonds. The third-order valence-corrected chi connectivity index (χ3v) is 2.48. The zero-order valence-corrected chi connectivity index (χ0v) is 8.96. The molecule has 12 heavy (non-hydrogen) atoms. The quantitative estimate of drug-likeness (QED) is 0.649. The molecule has 0 saturated heterocycles. The van der Waals surface area contributed by atoms with Gasteiger partial charge < -0.3 is 5.32 Å². The average molecular weight is 275 g/mol. The predicted molar refractivity (Wildman–Crippen MR) is 57.6 cm³/mol. The van der Waals surface area contributed by atoms with Gasteiger partial charge in [0.15, 0.2) is 0 Å². The lowest BCUT2D eigenvalue weighted by Gasteiger charge is -1.99. The van der Waals surface area contributed by atoms with Gasteiger partial charge in [0, 0.05) is 17.0 Å². The Morgan fingerprint density at radius 1 is 1.42 bits per heavy atom. The Morgan fingerprint density at radius 3 is 2.42 bits per heavy atom. The molecular weight excluding hydrogens is 265 g/mol. The van der Waals surface area contributed by atoms with Crippen molar-refractivity contribution >= 4 is 28.5 Å². The van der Waals surface area contributed by atoms with Crippen LogP contribution in [0.4, 0.5) is 0 Å². The Morgan fingerprint density at radius 2 is 2.00 bits per heavy atom. The molecule has 1 N–H and O–H groups in total. The van der Waals surface area contributed by atoms with E-state index in [0.717, 1.165) is 4.43 Å². The van der Waals surface area contributed by atoms with Crippen molar-refractivity contribution in [2.75, 3.05) is 7.05 Å². The van der Waals surface area contributed by atoms with Crippen molar-refractivity contribution in [2.24, 2.45) is 0 Å². The number of halogens is 1. The minimum atomic E-state index is -0.0324. The van der Waals surface area contributed by atoms with E-state index < -0.39 is 0 Å². The summed E-state index contributed by atoms with van der Waals surface area (Å²) in [5.74, 6) is -0.0324. The Kier molecular flexibility index (Phi) is 3.52. The zero-order valence-electron chi connectivity index (χ0n) is 6.80. The lowest BCUT2D eigenvalue weighted by atomic mass is 10.1. The molecule has 0 aliphatic heterocycles. The molecule has 3 heteroatoms. The van der Waals surface area contributed by atoms with E-state index >= 15 is 0 Å². The van der Waals surface area contributed by atoms with Crippen LogP contribution in [0.5, 0.6) is 0 Å². The van der Waals surface area contributed by atoms with Gasteiger partial charge in [-0.2, -0.15) is 0 Å². The van der Waals surface area contributed by atoms with E-state index in [1.165, 1.54) is 5.56 Å². The largest absolute Gasteiger partial charge is 0.355 e. The number of rotatable bonds is 2. The summed E-state index contributed by atoms with van der Waals surface area (Å²) in [5.41, 5.74) is 1.95. The van der Waals surface area contributed by atoms with Gasteiger partial charge in [0.1, 0.15) is 0 Å². The van der Waals surface area contributed by atoms with Crippen LogP contribution in [0.2, 0.25) is 0 Å². The summed E-state index contributed by atoms with van der Waals surface area (Å²) in [6.45, 7) is 0. The van der Waals surface area contributed by atoms with E-state index in [2.05, 4.69) is 27.9 Å². The highest BCUT2D eigenvalue weighted by molar-refractivity contribution is 14.1. The molecule has 0 aromatic heterocycles. The predicted octanol–water partition coefficient (Wildman–Crippen LogP) is 1.98. The van der Waals surface area contributed by atoms with E-state index in [1.807, 2.05) is 24.3 Å². The van der Waals surface area contributed by atoms with Crippen LogP contribution >= 0.6 is 22.6 Å². The van der Waals surface area contributed by atoms with Gasteiger partial charge in [0.2, 0.25) is 0 Å². The summed E-state index contributed by atoms with van der Waals surface area (Å²) in [6.07, 6.45) is 0. The van der Waals surface area contributed by atoms with E-state index in [9.17, 15) is 4.79 Å². The first-order valence-corrected chi connectivity index (χ1v) is 5.17. The highest BCUT2D eigenvalue weighted by atomic mass is 127. The first-order chi connectivity index (χ1) is 5.77. The molecule has 0 aliphatic carbocycles. The number of amides is 1. The van der Waals surface area contributed by atoms with Gasteiger partial charge in [-0.1, -0.05) is 34.7 Å². The zero-order chi connectivity index (χ0) is 8.97. The molecule has 64 valence electrons. The SMILES string of the molecule is CNC(=O)c1ccc(CI)cc1. The number of benzene rings is 1. The maximum atomic E-state index is 11.1. The van der Waals surface area contributed by atoms with Crippen molar-refractivity contribution in [1.82, 2.24) is 5.32 Å². The summed E-state index contributed by atoms with van der Waals surface area (Å²) in [4.78, 5) is 11.1. The monoisotopic (exact) mass is 275 g/mol. The molecule has 0 fully saturated rings. The van der Waals surface area contributed by atoms with Gasteiger partial charge in [0.25, 0.3) is 5.91 Å². The van der Waals surface area contributed by atoms with Gasteiger partial charge in [-0.25, -0.2) is 0 Å². The van der Waals surface area contributed by atoms with E-state index in [0.29, 0.717) is 5.56 Å². The normalized spacial score (nSPS) is 9.50. The van der Waals surface area contributed by atoms with Crippen LogP contribution in [0.25, 0.3) is 0 Å². The minimum Gasteiger partial charge on any atom is -0.355 e. The molecule has 0 bridgehead atoms. The lowest BCUT2D eigenvalue weighted by molar-refractivity contribution is 0.0963. The summed E-state index contributed by atoms with van der Waals surface area (Å²) in [6, 6.07) is 7.62. The van der Waals surface area contributed by atoms with Crippen LogP contribution < -0.4 is 5.32 Å². The molecule has 2 nitrogen and oxygen atoms in total. The number of hydrogen-bond donors (Lipinski definition) is 1. The summed E-state index contributed by atoms with van der Waals surface area (Å²) >= 11 is 2.29. The molecule has 1 rings (SSSR count). The second-order valence-electron chi connectivity index (χ2n) is 2.41. The maximum Gasteiger partial charge on any atom is 0.251 e. The van der Waals surface area contributed by atoms with Crippen LogP contribution in [0.1, 0.15) is 15.9 Å². The summed E-state index contributed by atoms with van der Waals surface area (Å²) in [5, 5.41) is 2.58. The molecule has 1 aromatic carbocycles. The van der Waals surface area contributed by atoms with Crippen LogP contribution in [0.3, 0.4) is 0 Å². The molecule has 0 spiro atoms. The third kappa shape index (κ3) is 2.20. The third-order valence-electron chi connectivity index (χ3n) is 1.60. The second kappa shape index (κ2) is 4.45. The van der Waals surface area contributed by atoms with Gasteiger partial charge in [-0.05, 0) is 17.7 Å². The second-order valence-corrected chi connectivity index (χ2v) is 3.17. The number of carbonyl (C=O) groups excluding carboxylic acids is 1. The highest BCUT2D eigenvalue weighted by Gasteiger charge is 2.00. The van der Waals surface area contributed by atoms with Crippen molar-refractivity contribution in [3.63, 3.8) is 0 Å². The molecule has 0 saturated carbocycles. The first kappa shape index (κ1) is 9.51. The Labute approximate surface area is 85.5 Å². The van der Waals surface area contributed by atoms with Gasteiger partial charge in [-0.15, -0.1) is 0 Å². The lowest BCUT2D eigenvalue weighted by Crippen LogP contribution is -2.17. The van der Waals surface area contributed by atoms with Crippen LogP contribution in [0, 0.1) is 0 Å². The Hall–Kier alpha value is -0.580. The number of hydrogen-bond acceptors (Lipinski definition) is 1. The molecule has 0 radical (unpaired) electrons. The number of nitrogens with one attached hydrogen (secondary N) is 1. The van der Waals surface area contributed by atoms with Crippen LogP contribution in [0.15, 0.2) is 24.3 Å². The van der Waals surface area contributed by atoms with Gasteiger partial charge in [0.05, 0.1) is 0 Å². The Balaban J connectivity index is 2.84. The topological polar surface area (TPSA) is 29.1 Å². The molecular formula is C9H10INO. The fraction of sp³-hybridized carbons (Fsp3) is 0.222. The van der Waals surface area contributed by atoms with Crippen LogP contribution in [-0.4, -0.2) is 13.0 Å². The maximum absolute atomic E-state index is 11.1. The first-order valence-electron chi connectivity index (χ1n) is 3.65. The van der Waals surface area contributed by atoms with Crippen LogP contribution in [-0.2, 0) is 4.43 Å². The molecule has 0 aliphatic rings. The van der Waals surface area contributed by atoms with Crippen molar-refractivity contribution in [1.29, 1.82) is 0 Å². The standard InChI is InChI=1S/C9H10INO/c1-11-9(12)8-4-2-7(6-10)3-5-8/h2-5H,6H2,1H3,(H,11,12). The average Bonchev–Trinajstić information content (AvgIpc) is 2.17. The Bertz CT molecular complexity index is 268. The molecule has 0 atom stereocenters. The van der Waals surface area contributed by atoms with Crippen molar-refractivity contribution in [2.45, 2.75) is 4.43 Å². The molecule has 0 heterocycles. The van der Waals surface area contributed by atoms with E-state index in [-0.39, 0.29) is 5.91 Å². The van der Waals surface area contributed by atoms with E-state index in [1.54, 1.807) is 7.05 Å². The highest BCUT2D eigenvalue weighted by Crippen LogP contribution is 2.07. The summed E-state index contributed by atoms with van der Waals surface area (Å²) < 4.78 is 0.978. The summed E-state index contributed by atoms with van der Waals surface area (Å²) in [7, 11) is 1.63. The van der Waals surface area contributed by atoms with Crippen molar-refractivity contribution in [3.8, 4) is 0 Å². The number of alkyl halides is 1. The fourth-order valence-electron chi connectivity index (χ4n) is 0.890. The number of carbonyl (C=O) groups is 1. The van der Waals surface area contributed by atoms with Crippen molar-refractivity contribution < 1.29 is 4.79 Å². The molecule has 0 unspecified atom stereocenters.